The minimum atomic E-state index is -0.146. The number of thiophene rings is 1. The predicted octanol–water partition coefficient (Wildman–Crippen LogP) is 4.16. The van der Waals surface area contributed by atoms with E-state index in [4.69, 9.17) is 9.47 Å². The summed E-state index contributed by atoms with van der Waals surface area (Å²) in [4.78, 5) is 17.0. The number of rotatable bonds is 6. The van der Waals surface area contributed by atoms with E-state index in [1.54, 1.807) is 38.6 Å². The molecule has 0 unspecified atom stereocenters. The highest BCUT2D eigenvalue weighted by atomic mass is 32.1. The molecule has 2 heterocycles. The van der Waals surface area contributed by atoms with Crippen molar-refractivity contribution < 1.29 is 14.3 Å². The summed E-state index contributed by atoms with van der Waals surface area (Å²) in [6.45, 7) is 0. The maximum atomic E-state index is 12.0. The zero-order valence-electron chi connectivity index (χ0n) is 13.8. The second-order valence-electron chi connectivity index (χ2n) is 5.05. The Labute approximate surface area is 149 Å². The molecule has 128 valence electrons. The molecule has 0 bridgehead atoms. The predicted molar refractivity (Wildman–Crippen MR) is 99.3 cm³/mol. The number of hydrogen-bond acceptors (Lipinski definition) is 6. The smallest absolute Gasteiger partial charge is 0.265 e. The summed E-state index contributed by atoms with van der Waals surface area (Å²) in [6, 6.07) is 12.6. The van der Waals surface area contributed by atoms with Gasteiger partial charge in [0.15, 0.2) is 0 Å². The molecule has 7 heteroatoms. The molecule has 0 fully saturated rings. The third-order valence-electron chi connectivity index (χ3n) is 3.44. The van der Waals surface area contributed by atoms with Crippen molar-refractivity contribution in [3.05, 3.63) is 58.9 Å². The summed E-state index contributed by atoms with van der Waals surface area (Å²) in [7, 11) is 3.21. The minimum absolute atomic E-state index is 0.146. The van der Waals surface area contributed by atoms with Crippen LogP contribution in [-0.2, 0) is 0 Å². The van der Waals surface area contributed by atoms with Crippen LogP contribution in [0.5, 0.6) is 11.5 Å². The fourth-order valence-corrected chi connectivity index (χ4v) is 2.81. The molecule has 25 heavy (non-hydrogen) atoms. The van der Waals surface area contributed by atoms with Gasteiger partial charge >= 0.3 is 0 Å². The van der Waals surface area contributed by atoms with Gasteiger partial charge in [0.25, 0.3) is 5.91 Å². The Bertz CT molecular complexity index is 849. The summed E-state index contributed by atoms with van der Waals surface area (Å²) in [6.07, 6.45) is 1.60. The zero-order chi connectivity index (χ0) is 17.6. The van der Waals surface area contributed by atoms with E-state index in [1.807, 2.05) is 29.6 Å². The first-order valence-electron chi connectivity index (χ1n) is 7.49. The molecule has 0 aliphatic heterocycles. The number of hydrogen-bond donors (Lipinski definition) is 2. The molecule has 0 saturated carbocycles. The number of ether oxygens (including phenoxy) is 2. The van der Waals surface area contributed by atoms with Gasteiger partial charge in [-0.1, -0.05) is 6.07 Å². The lowest BCUT2D eigenvalue weighted by Gasteiger charge is -2.12. The van der Waals surface area contributed by atoms with Crippen molar-refractivity contribution in [2.24, 2.45) is 0 Å². The number of carbonyl (C=O) groups is 1. The second-order valence-corrected chi connectivity index (χ2v) is 6.00. The van der Waals surface area contributed by atoms with Crippen molar-refractivity contribution in [2.45, 2.75) is 0 Å². The van der Waals surface area contributed by atoms with Gasteiger partial charge < -0.3 is 20.1 Å². The van der Waals surface area contributed by atoms with Crippen LogP contribution in [0, 0.1) is 0 Å². The number of benzene rings is 1. The lowest BCUT2D eigenvalue weighted by molar-refractivity contribution is 0.103. The van der Waals surface area contributed by atoms with E-state index in [-0.39, 0.29) is 5.91 Å². The highest BCUT2D eigenvalue weighted by Gasteiger charge is 2.08. The summed E-state index contributed by atoms with van der Waals surface area (Å²) in [5.41, 5.74) is 1.37. The van der Waals surface area contributed by atoms with E-state index in [0.717, 1.165) is 5.69 Å². The Kier molecular flexibility index (Phi) is 5.15. The van der Waals surface area contributed by atoms with Crippen LogP contribution in [0.15, 0.2) is 54.0 Å². The van der Waals surface area contributed by atoms with Crippen molar-refractivity contribution >= 4 is 34.4 Å². The number of nitrogens with one attached hydrogen (secondary N) is 2. The Balaban J connectivity index is 1.71. The number of pyridine rings is 1. The monoisotopic (exact) mass is 355 g/mol. The van der Waals surface area contributed by atoms with Crippen LogP contribution in [-0.4, -0.2) is 25.1 Å². The normalized spacial score (nSPS) is 10.2. The van der Waals surface area contributed by atoms with E-state index in [1.165, 1.54) is 11.3 Å². The number of nitrogens with zero attached hydrogens (tertiary/aromatic N) is 1. The molecular formula is C18H17N3O3S. The number of carbonyl (C=O) groups excluding carboxylic acids is 1. The van der Waals surface area contributed by atoms with Crippen molar-refractivity contribution in [3.8, 4) is 11.5 Å². The van der Waals surface area contributed by atoms with Crippen LogP contribution >= 0.6 is 11.3 Å². The van der Waals surface area contributed by atoms with Crippen molar-refractivity contribution in [1.82, 2.24) is 4.98 Å². The summed E-state index contributed by atoms with van der Waals surface area (Å²) in [5, 5.41) is 7.85. The van der Waals surface area contributed by atoms with Gasteiger partial charge in [0.1, 0.15) is 17.3 Å². The second kappa shape index (κ2) is 7.67. The van der Waals surface area contributed by atoms with Gasteiger partial charge in [-0.05, 0) is 35.7 Å². The van der Waals surface area contributed by atoms with Gasteiger partial charge in [-0.2, -0.15) is 0 Å². The molecule has 0 aliphatic rings. The van der Waals surface area contributed by atoms with Crippen LogP contribution in [0.1, 0.15) is 9.67 Å². The fraction of sp³-hybridized carbons (Fsp3) is 0.111. The van der Waals surface area contributed by atoms with Gasteiger partial charge in [-0.3, -0.25) is 4.79 Å². The molecule has 0 radical (unpaired) electrons. The molecule has 2 aromatic heterocycles. The van der Waals surface area contributed by atoms with E-state index >= 15 is 0 Å². The number of amides is 1. The molecule has 0 saturated heterocycles. The van der Waals surface area contributed by atoms with Crippen LogP contribution in [0.4, 0.5) is 17.2 Å². The molecule has 0 aliphatic carbocycles. The maximum absolute atomic E-state index is 12.0. The summed E-state index contributed by atoms with van der Waals surface area (Å²) in [5.74, 6) is 1.87. The van der Waals surface area contributed by atoms with Crippen molar-refractivity contribution in [3.63, 3.8) is 0 Å². The standard InChI is InChI=1S/C18H17N3O3S/c1-23-13-6-7-15(24-2)14(10-13)21-17-8-5-12(11-19-17)20-18(22)16-4-3-9-25-16/h3-11H,1-2H3,(H,19,21)(H,20,22). The topological polar surface area (TPSA) is 72.5 Å². The zero-order valence-corrected chi connectivity index (χ0v) is 14.6. The lowest BCUT2D eigenvalue weighted by atomic mass is 10.2. The Morgan fingerprint density at radius 2 is 2.00 bits per heavy atom. The average molecular weight is 355 g/mol. The van der Waals surface area contributed by atoms with Gasteiger partial charge in [0.05, 0.1) is 36.7 Å². The van der Waals surface area contributed by atoms with E-state index in [9.17, 15) is 4.79 Å². The number of aromatic nitrogens is 1. The van der Waals surface area contributed by atoms with Crippen molar-refractivity contribution in [1.29, 1.82) is 0 Å². The number of methoxy groups -OCH3 is 2. The molecule has 3 aromatic rings. The Morgan fingerprint density at radius 3 is 2.64 bits per heavy atom. The van der Waals surface area contributed by atoms with Gasteiger partial charge in [0, 0.05) is 6.07 Å². The third-order valence-corrected chi connectivity index (χ3v) is 4.30. The molecule has 2 N–H and O–H groups in total. The van der Waals surface area contributed by atoms with Crippen molar-refractivity contribution in [2.75, 3.05) is 24.9 Å². The largest absolute Gasteiger partial charge is 0.497 e. The lowest BCUT2D eigenvalue weighted by Crippen LogP contribution is -2.10. The van der Waals surface area contributed by atoms with E-state index < -0.39 is 0 Å². The number of anilines is 3. The summed E-state index contributed by atoms with van der Waals surface area (Å²) >= 11 is 1.39. The maximum Gasteiger partial charge on any atom is 0.265 e. The quantitative estimate of drug-likeness (QED) is 0.695. The molecule has 0 atom stereocenters. The SMILES string of the molecule is COc1ccc(OC)c(Nc2ccc(NC(=O)c3cccs3)cn2)c1. The summed E-state index contributed by atoms with van der Waals surface area (Å²) < 4.78 is 10.6. The molecule has 3 rings (SSSR count). The first-order chi connectivity index (χ1) is 12.2. The van der Waals surface area contributed by atoms with Gasteiger partial charge in [-0.25, -0.2) is 4.98 Å². The molecule has 1 aromatic carbocycles. The molecule has 0 spiro atoms. The minimum Gasteiger partial charge on any atom is -0.497 e. The Hall–Kier alpha value is -3.06. The first-order valence-corrected chi connectivity index (χ1v) is 8.37. The fourth-order valence-electron chi connectivity index (χ4n) is 2.19. The molecular weight excluding hydrogens is 338 g/mol. The van der Waals surface area contributed by atoms with Crippen LogP contribution < -0.4 is 20.1 Å². The molecule has 6 nitrogen and oxygen atoms in total. The van der Waals surface area contributed by atoms with Gasteiger partial charge in [-0.15, -0.1) is 11.3 Å². The third kappa shape index (κ3) is 4.07. The first kappa shape index (κ1) is 16.8. The Morgan fingerprint density at radius 1 is 1.12 bits per heavy atom. The van der Waals surface area contributed by atoms with E-state index in [2.05, 4.69) is 15.6 Å². The van der Waals surface area contributed by atoms with E-state index in [0.29, 0.717) is 27.9 Å². The average Bonchev–Trinajstić information content (AvgIpc) is 3.18. The van der Waals surface area contributed by atoms with Crippen LogP contribution in [0.25, 0.3) is 0 Å². The highest BCUT2D eigenvalue weighted by Crippen LogP contribution is 2.31. The van der Waals surface area contributed by atoms with Crippen LogP contribution in [0.2, 0.25) is 0 Å². The highest BCUT2D eigenvalue weighted by molar-refractivity contribution is 7.12. The molecule has 1 amide bonds. The van der Waals surface area contributed by atoms with Crippen LogP contribution in [0.3, 0.4) is 0 Å². The van der Waals surface area contributed by atoms with Gasteiger partial charge in [0.2, 0.25) is 0 Å².